The molecule has 1 amide bonds. The molecule has 0 saturated carbocycles. The van der Waals surface area contributed by atoms with Crippen molar-refractivity contribution in [3.8, 4) is 0 Å². The molecule has 1 atom stereocenters. The number of piperidine rings is 1. The zero-order chi connectivity index (χ0) is 13.2. The molecule has 5 heteroatoms. The van der Waals surface area contributed by atoms with Crippen LogP contribution >= 0.6 is 0 Å². The summed E-state index contributed by atoms with van der Waals surface area (Å²) >= 11 is 0. The van der Waals surface area contributed by atoms with Crippen molar-refractivity contribution >= 4 is 11.7 Å². The molecule has 1 saturated heterocycles. The molecule has 0 radical (unpaired) electrons. The highest BCUT2D eigenvalue weighted by atomic mass is 16.2. The fraction of sp³-hybridized carbons (Fsp3) is 0.692. The molecule has 100 valence electrons. The van der Waals surface area contributed by atoms with Gasteiger partial charge in [0.1, 0.15) is 5.82 Å². The zero-order valence-corrected chi connectivity index (χ0v) is 11.4. The maximum Gasteiger partial charge on any atom is 0.232 e. The van der Waals surface area contributed by atoms with Gasteiger partial charge in [0.05, 0.1) is 11.6 Å². The monoisotopic (exact) mass is 250 g/mol. The van der Waals surface area contributed by atoms with Crippen LogP contribution in [0.1, 0.15) is 39.7 Å². The molecule has 0 spiro atoms. The number of nitrogens with one attached hydrogen (secondary N) is 2. The van der Waals surface area contributed by atoms with E-state index < -0.39 is 0 Å². The molecule has 0 aliphatic carbocycles. The van der Waals surface area contributed by atoms with E-state index in [-0.39, 0.29) is 17.4 Å². The molecule has 0 aromatic carbocycles. The van der Waals surface area contributed by atoms with Crippen LogP contribution in [0.25, 0.3) is 0 Å². The van der Waals surface area contributed by atoms with Crippen LogP contribution in [0, 0.1) is 5.41 Å². The highest BCUT2D eigenvalue weighted by molar-refractivity contribution is 5.94. The van der Waals surface area contributed by atoms with Crippen LogP contribution in [0.4, 0.5) is 5.82 Å². The predicted molar refractivity (Wildman–Crippen MR) is 71.5 cm³/mol. The Morgan fingerprint density at radius 3 is 3.00 bits per heavy atom. The number of carbonyl (C=O) groups excluding carboxylic acids is 1. The topological polar surface area (TPSA) is 59.0 Å². The Morgan fingerprint density at radius 1 is 1.61 bits per heavy atom. The Labute approximate surface area is 108 Å². The average Bonchev–Trinajstić information content (AvgIpc) is 2.78. The first kappa shape index (κ1) is 13.1. The summed E-state index contributed by atoms with van der Waals surface area (Å²) in [5.74, 6) is 0.860. The van der Waals surface area contributed by atoms with Gasteiger partial charge in [0.15, 0.2) is 0 Å². The van der Waals surface area contributed by atoms with E-state index in [1.54, 1.807) is 6.20 Å². The Hall–Kier alpha value is -1.36. The summed E-state index contributed by atoms with van der Waals surface area (Å²) in [5.41, 5.74) is -0.315. The Kier molecular flexibility index (Phi) is 3.71. The molecule has 0 bridgehead atoms. The quantitative estimate of drug-likeness (QED) is 0.860. The SMILES string of the molecule is CC(C)n1nccc1NC(=O)C1(C)CCCNC1. The summed E-state index contributed by atoms with van der Waals surface area (Å²) in [7, 11) is 0. The molecule has 1 unspecified atom stereocenters. The zero-order valence-electron chi connectivity index (χ0n) is 11.4. The van der Waals surface area contributed by atoms with Crippen LogP contribution in [0.5, 0.6) is 0 Å². The summed E-state index contributed by atoms with van der Waals surface area (Å²) in [5, 5.41) is 10.5. The fourth-order valence-corrected chi connectivity index (χ4v) is 2.34. The second kappa shape index (κ2) is 5.10. The minimum absolute atomic E-state index is 0.0806. The third kappa shape index (κ3) is 2.56. The van der Waals surface area contributed by atoms with Gasteiger partial charge in [-0.2, -0.15) is 5.10 Å². The van der Waals surface area contributed by atoms with Crippen LogP contribution in [0.15, 0.2) is 12.3 Å². The molecule has 1 aromatic rings. The van der Waals surface area contributed by atoms with E-state index in [1.165, 1.54) is 0 Å². The van der Waals surface area contributed by atoms with E-state index >= 15 is 0 Å². The first-order valence-corrected chi connectivity index (χ1v) is 6.59. The third-order valence-electron chi connectivity index (χ3n) is 3.55. The summed E-state index contributed by atoms with van der Waals surface area (Å²) in [4.78, 5) is 12.4. The standard InChI is InChI=1S/C13H22N4O/c1-10(2)17-11(5-8-15-17)16-12(18)13(3)6-4-7-14-9-13/h5,8,10,14H,4,6-7,9H2,1-3H3,(H,16,18). The van der Waals surface area contributed by atoms with E-state index in [0.717, 1.165) is 31.7 Å². The number of anilines is 1. The first-order chi connectivity index (χ1) is 8.53. The molecular weight excluding hydrogens is 228 g/mol. The Bertz CT molecular complexity index is 418. The number of carbonyl (C=O) groups is 1. The molecule has 2 heterocycles. The van der Waals surface area contributed by atoms with Gasteiger partial charge in [-0.25, -0.2) is 4.68 Å². The third-order valence-corrected chi connectivity index (χ3v) is 3.55. The van der Waals surface area contributed by atoms with Crippen molar-refractivity contribution in [2.75, 3.05) is 18.4 Å². The Balaban J connectivity index is 2.08. The minimum Gasteiger partial charge on any atom is -0.316 e. The van der Waals surface area contributed by atoms with Gasteiger partial charge in [-0.1, -0.05) is 0 Å². The lowest BCUT2D eigenvalue weighted by molar-refractivity contribution is -0.125. The van der Waals surface area contributed by atoms with Crippen LogP contribution < -0.4 is 10.6 Å². The molecule has 2 N–H and O–H groups in total. The van der Waals surface area contributed by atoms with Crippen molar-refractivity contribution in [2.45, 2.75) is 39.7 Å². The number of hydrogen-bond donors (Lipinski definition) is 2. The average molecular weight is 250 g/mol. The number of amides is 1. The Morgan fingerprint density at radius 2 is 2.39 bits per heavy atom. The van der Waals surface area contributed by atoms with Gasteiger partial charge in [-0.05, 0) is 40.2 Å². The van der Waals surface area contributed by atoms with E-state index in [1.807, 2.05) is 31.5 Å². The van der Waals surface area contributed by atoms with Gasteiger partial charge >= 0.3 is 0 Å². The maximum absolute atomic E-state index is 12.4. The predicted octanol–water partition coefficient (Wildman–Crippen LogP) is 1.79. The van der Waals surface area contributed by atoms with Gasteiger partial charge < -0.3 is 10.6 Å². The van der Waals surface area contributed by atoms with Crippen molar-refractivity contribution in [3.05, 3.63) is 12.3 Å². The molecule has 1 aliphatic heterocycles. The molecular formula is C13H22N4O. The number of nitrogens with zero attached hydrogens (tertiary/aromatic N) is 2. The van der Waals surface area contributed by atoms with Gasteiger partial charge in [-0.15, -0.1) is 0 Å². The van der Waals surface area contributed by atoms with E-state index in [0.29, 0.717) is 0 Å². The van der Waals surface area contributed by atoms with E-state index in [2.05, 4.69) is 15.7 Å². The highest BCUT2D eigenvalue weighted by Gasteiger charge is 2.35. The molecule has 5 nitrogen and oxygen atoms in total. The van der Waals surface area contributed by atoms with Crippen molar-refractivity contribution in [1.29, 1.82) is 0 Å². The second-order valence-corrected chi connectivity index (χ2v) is 5.55. The largest absolute Gasteiger partial charge is 0.316 e. The van der Waals surface area contributed by atoms with Crippen LogP contribution in [-0.4, -0.2) is 28.8 Å². The molecule has 1 aliphatic rings. The normalized spacial score (nSPS) is 24.2. The van der Waals surface area contributed by atoms with Crippen molar-refractivity contribution in [1.82, 2.24) is 15.1 Å². The highest BCUT2D eigenvalue weighted by Crippen LogP contribution is 2.27. The van der Waals surface area contributed by atoms with E-state index in [9.17, 15) is 4.79 Å². The lowest BCUT2D eigenvalue weighted by Crippen LogP contribution is -2.46. The van der Waals surface area contributed by atoms with Crippen molar-refractivity contribution in [2.24, 2.45) is 5.41 Å². The van der Waals surface area contributed by atoms with Crippen LogP contribution in [-0.2, 0) is 4.79 Å². The molecule has 2 rings (SSSR count). The van der Waals surface area contributed by atoms with Crippen LogP contribution in [0.2, 0.25) is 0 Å². The fourth-order valence-electron chi connectivity index (χ4n) is 2.34. The van der Waals surface area contributed by atoms with Gasteiger partial charge in [-0.3, -0.25) is 4.79 Å². The number of rotatable bonds is 3. The van der Waals surface area contributed by atoms with Gasteiger partial charge in [0, 0.05) is 18.7 Å². The lowest BCUT2D eigenvalue weighted by Gasteiger charge is -2.32. The summed E-state index contributed by atoms with van der Waals surface area (Å²) in [6.45, 7) is 7.87. The van der Waals surface area contributed by atoms with Crippen molar-refractivity contribution < 1.29 is 4.79 Å². The summed E-state index contributed by atoms with van der Waals surface area (Å²) in [6.07, 6.45) is 3.70. The summed E-state index contributed by atoms with van der Waals surface area (Å²) < 4.78 is 1.83. The van der Waals surface area contributed by atoms with Gasteiger partial charge in [0.2, 0.25) is 5.91 Å². The van der Waals surface area contributed by atoms with Crippen LogP contribution in [0.3, 0.4) is 0 Å². The molecule has 1 aromatic heterocycles. The lowest BCUT2D eigenvalue weighted by atomic mass is 9.82. The second-order valence-electron chi connectivity index (χ2n) is 5.55. The minimum atomic E-state index is -0.315. The maximum atomic E-state index is 12.4. The summed E-state index contributed by atoms with van der Waals surface area (Å²) in [6, 6.07) is 2.09. The van der Waals surface area contributed by atoms with E-state index in [4.69, 9.17) is 0 Å². The smallest absolute Gasteiger partial charge is 0.232 e. The number of hydrogen-bond acceptors (Lipinski definition) is 3. The molecule has 1 fully saturated rings. The molecule has 18 heavy (non-hydrogen) atoms. The van der Waals surface area contributed by atoms with Crippen molar-refractivity contribution in [3.63, 3.8) is 0 Å². The number of aromatic nitrogens is 2. The van der Waals surface area contributed by atoms with Gasteiger partial charge in [0.25, 0.3) is 0 Å². The first-order valence-electron chi connectivity index (χ1n) is 6.59.